The molecule has 0 bridgehead atoms. The zero-order chi connectivity index (χ0) is 39.2. The molecular weight excluding hydrogens is 763 g/mol. The van der Waals surface area contributed by atoms with Gasteiger partial charge in [0.2, 0.25) is 5.91 Å². The monoisotopic (exact) mass is 796 g/mol. The number of nitrogens with zero attached hydrogens (tertiary/aromatic N) is 3. The molecule has 2 heterocycles. The Kier molecular flexibility index (Phi) is 13.1. The highest BCUT2D eigenvalue weighted by Gasteiger charge is 2.37. The van der Waals surface area contributed by atoms with E-state index in [4.69, 9.17) is 22.1 Å². The number of aliphatic hydroxyl groups is 1. The summed E-state index contributed by atoms with van der Waals surface area (Å²) in [5.74, 6) is -1.96. The molecule has 3 aromatic rings. The summed E-state index contributed by atoms with van der Waals surface area (Å²) in [5, 5.41) is 20.9. The molecule has 18 heteroatoms. The van der Waals surface area contributed by atoms with Gasteiger partial charge >= 0.3 is 18.3 Å². The molecule has 2 aliphatic heterocycles. The third-order valence-corrected chi connectivity index (χ3v) is 9.99. The van der Waals surface area contributed by atoms with Crippen LogP contribution < -0.4 is 10.1 Å². The fourth-order valence-corrected chi connectivity index (χ4v) is 7.02. The minimum Gasteiger partial charge on any atom is -0.492 e. The first-order chi connectivity index (χ1) is 25.5. The Morgan fingerprint density at radius 1 is 0.852 bits per heavy atom. The van der Waals surface area contributed by atoms with E-state index in [1.807, 2.05) is 0 Å². The average molecular weight is 797 g/mol. The maximum Gasteiger partial charge on any atom is 0.416 e. The molecule has 288 valence electrons. The maximum absolute atomic E-state index is 13.7. The number of carbonyl (C=O) groups excluding carboxylic acids is 2. The molecule has 2 saturated heterocycles. The van der Waals surface area contributed by atoms with Crippen LogP contribution >= 0.6 is 24.0 Å². The summed E-state index contributed by atoms with van der Waals surface area (Å²) < 4.78 is 88.3. The maximum atomic E-state index is 13.7. The standard InChI is InChI=1S/C36H34F6N4O6S2/c37-35(38,39)26-18-24(19-27(21-26)36(40,41)42)23-3-6-29(52-16-14-45-11-9-44(10-12-45)13-15-47)25(17-23)20-30-32(49)46(34(53)54-30)8-7-31(48)43-28-4-1-22(2-5-28)33(50)51/h1-6,17-21,47H,7-16H2,(H,43,48)(H,50,51)/b30-20-. The van der Waals surface area contributed by atoms with Crippen LogP contribution in [0.2, 0.25) is 0 Å². The molecule has 3 aromatic carbocycles. The Hall–Kier alpha value is -4.49. The largest absolute Gasteiger partial charge is 0.492 e. The number of benzene rings is 3. The molecule has 0 aliphatic carbocycles. The molecule has 0 aromatic heterocycles. The summed E-state index contributed by atoms with van der Waals surface area (Å²) in [5.41, 5.74) is -2.72. The van der Waals surface area contributed by atoms with E-state index in [-0.39, 0.29) is 69.5 Å². The predicted octanol–water partition coefficient (Wildman–Crippen LogP) is 6.31. The molecule has 2 aliphatic rings. The van der Waals surface area contributed by atoms with Crippen molar-refractivity contribution in [3.05, 3.63) is 87.8 Å². The number of β-amino-alcohol motifs (C(OH)–C–C–N with tert-alkyl or cyclic N) is 1. The van der Waals surface area contributed by atoms with E-state index < -0.39 is 41.3 Å². The van der Waals surface area contributed by atoms with E-state index in [0.717, 1.165) is 37.9 Å². The van der Waals surface area contributed by atoms with E-state index in [0.29, 0.717) is 30.9 Å². The van der Waals surface area contributed by atoms with Crippen molar-refractivity contribution in [3.63, 3.8) is 0 Å². The van der Waals surface area contributed by atoms with Gasteiger partial charge in [-0.3, -0.25) is 24.3 Å². The van der Waals surface area contributed by atoms with Gasteiger partial charge in [-0.05, 0) is 71.8 Å². The number of carbonyl (C=O) groups is 3. The number of hydrogen-bond acceptors (Lipinski definition) is 9. The van der Waals surface area contributed by atoms with Crippen molar-refractivity contribution in [2.24, 2.45) is 0 Å². The number of piperazine rings is 1. The molecule has 2 amide bonds. The fraction of sp³-hybridized carbons (Fsp3) is 0.333. The highest BCUT2D eigenvalue weighted by Crippen LogP contribution is 2.40. The van der Waals surface area contributed by atoms with Crippen LogP contribution in [0.4, 0.5) is 32.0 Å². The lowest BCUT2D eigenvalue weighted by Gasteiger charge is -2.34. The molecule has 0 unspecified atom stereocenters. The lowest BCUT2D eigenvalue weighted by atomic mass is 9.97. The molecule has 2 fully saturated rings. The van der Waals surface area contributed by atoms with Crippen molar-refractivity contribution in [2.75, 3.05) is 64.3 Å². The Morgan fingerprint density at radius 2 is 1.46 bits per heavy atom. The molecule has 5 rings (SSSR count). The summed E-state index contributed by atoms with van der Waals surface area (Å²) in [4.78, 5) is 42.8. The summed E-state index contributed by atoms with van der Waals surface area (Å²) in [6.45, 7) is 4.15. The van der Waals surface area contributed by atoms with Gasteiger partial charge in [0.25, 0.3) is 5.91 Å². The topological polar surface area (TPSA) is 123 Å². The lowest BCUT2D eigenvalue weighted by molar-refractivity contribution is -0.143. The molecule has 3 N–H and O–H groups in total. The van der Waals surface area contributed by atoms with E-state index in [1.54, 1.807) is 0 Å². The number of nitrogens with one attached hydrogen (secondary N) is 1. The van der Waals surface area contributed by atoms with Crippen molar-refractivity contribution in [2.45, 2.75) is 18.8 Å². The van der Waals surface area contributed by atoms with Gasteiger partial charge in [-0.25, -0.2) is 4.79 Å². The van der Waals surface area contributed by atoms with Crippen LogP contribution in [0.25, 0.3) is 17.2 Å². The van der Waals surface area contributed by atoms with Gasteiger partial charge in [-0.1, -0.05) is 30.0 Å². The third kappa shape index (κ3) is 10.6. The van der Waals surface area contributed by atoms with Crippen molar-refractivity contribution in [1.82, 2.24) is 14.7 Å². The van der Waals surface area contributed by atoms with Gasteiger partial charge in [-0.15, -0.1) is 0 Å². The molecule has 10 nitrogen and oxygen atoms in total. The molecule has 0 spiro atoms. The van der Waals surface area contributed by atoms with Crippen LogP contribution in [0, 0.1) is 0 Å². The number of aromatic carboxylic acids is 1. The first-order valence-electron chi connectivity index (χ1n) is 16.5. The van der Waals surface area contributed by atoms with Crippen LogP contribution in [-0.4, -0.2) is 106 Å². The number of hydrogen-bond donors (Lipinski definition) is 3. The fourth-order valence-electron chi connectivity index (χ4n) is 5.72. The first-order valence-corrected chi connectivity index (χ1v) is 17.7. The summed E-state index contributed by atoms with van der Waals surface area (Å²) in [7, 11) is 0. The molecular formula is C36H34F6N4O6S2. The van der Waals surface area contributed by atoms with Crippen LogP contribution in [0.15, 0.2) is 65.6 Å². The van der Waals surface area contributed by atoms with Crippen LogP contribution in [0.3, 0.4) is 0 Å². The number of halogens is 6. The number of alkyl halides is 6. The van der Waals surface area contributed by atoms with Gasteiger partial charge in [0.05, 0.1) is 28.2 Å². The number of rotatable bonds is 13. The molecule has 54 heavy (non-hydrogen) atoms. The van der Waals surface area contributed by atoms with Crippen molar-refractivity contribution >= 4 is 57.8 Å². The quantitative estimate of drug-likeness (QED) is 0.103. The number of anilines is 1. The zero-order valence-corrected chi connectivity index (χ0v) is 30.0. The Balaban J connectivity index is 1.37. The summed E-state index contributed by atoms with van der Waals surface area (Å²) in [6, 6.07) is 10.9. The second kappa shape index (κ2) is 17.3. The predicted molar refractivity (Wildman–Crippen MR) is 194 cm³/mol. The minimum absolute atomic E-state index is 0.00809. The van der Waals surface area contributed by atoms with Gasteiger partial charge in [-0.2, -0.15) is 26.3 Å². The Morgan fingerprint density at radius 3 is 2.04 bits per heavy atom. The van der Waals surface area contributed by atoms with Gasteiger partial charge in [0.15, 0.2) is 0 Å². The SMILES string of the molecule is O=C(CCN1C(=O)/C(=C/c2cc(-c3cc(C(F)(F)F)cc(C(F)(F)F)c3)ccc2OCCN2CCN(CCO)CC2)SC1=S)Nc1ccc(C(=O)O)cc1. The van der Waals surface area contributed by atoms with Crippen LogP contribution in [-0.2, 0) is 21.9 Å². The lowest BCUT2D eigenvalue weighted by Crippen LogP contribution is -2.48. The number of thioether (sulfide) groups is 1. The number of aliphatic hydroxyl groups excluding tert-OH is 1. The smallest absolute Gasteiger partial charge is 0.416 e. The Labute approximate surface area is 315 Å². The summed E-state index contributed by atoms with van der Waals surface area (Å²) >= 11 is 6.31. The number of carboxylic acid groups (broad SMARTS) is 1. The van der Waals surface area contributed by atoms with Gasteiger partial charge in [0, 0.05) is 63.5 Å². The normalized spacial score (nSPS) is 16.6. The highest BCUT2D eigenvalue weighted by atomic mass is 32.2. The van der Waals surface area contributed by atoms with E-state index in [1.165, 1.54) is 53.4 Å². The second-order valence-electron chi connectivity index (χ2n) is 12.3. The molecule has 0 atom stereocenters. The van der Waals surface area contributed by atoms with E-state index in [2.05, 4.69) is 15.1 Å². The van der Waals surface area contributed by atoms with Crippen molar-refractivity contribution in [1.29, 1.82) is 0 Å². The summed E-state index contributed by atoms with van der Waals surface area (Å²) in [6.07, 6.45) is -8.88. The number of amides is 2. The molecule has 0 saturated carbocycles. The van der Waals surface area contributed by atoms with Gasteiger partial charge < -0.3 is 20.3 Å². The number of carboxylic acids is 1. The van der Waals surface area contributed by atoms with Crippen LogP contribution in [0.5, 0.6) is 5.75 Å². The number of ether oxygens (including phenoxy) is 1. The second-order valence-corrected chi connectivity index (χ2v) is 14.0. The first kappa shape index (κ1) is 40.7. The van der Waals surface area contributed by atoms with Crippen molar-refractivity contribution in [3.8, 4) is 16.9 Å². The highest BCUT2D eigenvalue weighted by molar-refractivity contribution is 8.26. The van der Waals surface area contributed by atoms with Crippen LogP contribution in [0.1, 0.15) is 33.5 Å². The van der Waals surface area contributed by atoms with E-state index >= 15 is 0 Å². The average Bonchev–Trinajstić information content (AvgIpc) is 3.38. The zero-order valence-electron chi connectivity index (χ0n) is 28.4. The van der Waals surface area contributed by atoms with Gasteiger partial charge in [0.1, 0.15) is 16.7 Å². The minimum atomic E-state index is -5.05. The molecule has 0 radical (unpaired) electrons. The third-order valence-electron chi connectivity index (χ3n) is 8.62. The Bertz CT molecular complexity index is 1880. The number of thiocarbonyl (C=S) groups is 1. The van der Waals surface area contributed by atoms with Crippen molar-refractivity contribution < 1.29 is 55.7 Å². The van der Waals surface area contributed by atoms with E-state index in [9.17, 15) is 45.8 Å².